The van der Waals surface area contributed by atoms with Crippen LogP contribution in [0.1, 0.15) is 15.2 Å². The maximum absolute atomic E-state index is 12.4. The lowest BCUT2D eigenvalue weighted by molar-refractivity contribution is 0.0697. The molecule has 0 unspecified atom stereocenters. The number of carboxylic acid groups (broad SMARTS) is 1. The zero-order valence-corrected chi connectivity index (χ0v) is 12.9. The number of carbonyl (C=O) groups is 1. The molecular weight excluding hydrogens is 332 g/mol. The van der Waals surface area contributed by atoms with Crippen molar-refractivity contribution in [1.29, 1.82) is 0 Å². The summed E-state index contributed by atoms with van der Waals surface area (Å²) in [5.74, 6) is -0.994. The fourth-order valence-electron chi connectivity index (χ4n) is 2.32. The van der Waals surface area contributed by atoms with Gasteiger partial charge in [0.2, 0.25) is 5.95 Å². The summed E-state index contributed by atoms with van der Waals surface area (Å²) in [7, 11) is 0. The number of aromatic nitrogens is 6. The Kier molecular flexibility index (Phi) is 3.24. The van der Waals surface area contributed by atoms with E-state index >= 15 is 0 Å². The molecule has 4 heterocycles. The second-order valence-electron chi connectivity index (χ2n) is 4.99. The molecule has 0 spiro atoms. The van der Waals surface area contributed by atoms with Crippen LogP contribution in [0.4, 0.5) is 0 Å². The Hall–Kier alpha value is -3.27. The van der Waals surface area contributed by atoms with E-state index in [0.717, 1.165) is 4.88 Å². The molecule has 2 N–H and O–H groups in total. The molecule has 0 aliphatic carbocycles. The third-order valence-corrected chi connectivity index (χ3v) is 4.28. The molecule has 0 fully saturated rings. The minimum absolute atomic E-state index is 0.000899. The minimum atomic E-state index is -1.11. The maximum atomic E-state index is 12.4. The normalized spacial score (nSPS) is 11.2. The lowest BCUT2D eigenvalue weighted by Gasteiger charge is -2.02. The Morgan fingerprint density at radius 1 is 1.42 bits per heavy atom. The van der Waals surface area contributed by atoms with Crippen molar-refractivity contribution in [3.05, 3.63) is 57.0 Å². The molecule has 4 aromatic rings. The number of rotatable bonds is 4. The van der Waals surface area contributed by atoms with Gasteiger partial charge in [0.25, 0.3) is 5.56 Å². The van der Waals surface area contributed by atoms with Gasteiger partial charge in [-0.05, 0) is 11.4 Å². The van der Waals surface area contributed by atoms with Gasteiger partial charge in [-0.25, -0.2) is 14.5 Å². The highest BCUT2D eigenvalue weighted by molar-refractivity contribution is 7.09. The summed E-state index contributed by atoms with van der Waals surface area (Å²) in [6, 6.07) is 3.92. The van der Waals surface area contributed by atoms with Gasteiger partial charge in [0.15, 0.2) is 11.2 Å². The van der Waals surface area contributed by atoms with Crippen molar-refractivity contribution in [2.75, 3.05) is 0 Å². The summed E-state index contributed by atoms with van der Waals surface area (Å²) in [6.07, 6.45) is 4.01. The van der Waals surface area contributed by atoms with Gasteiger partial charge in [-0.2, -0.15) is 10.1 Å². The number of thiophene rings is 1. The van der Waals surface area contributed by atoms with Crippen molar-refractivity contribution in [1.82, 2.24) is 29.3 Å². The lowest BCUT2D eigenvalue weighted by Crippen LogP contribution is -2.16. The predicted molar refractivity (Wildman–Crippen MR) is 85.7 cm³/mol. The molecule has 4 aromatic heterocycles. The van der Waals surface area contributed by atoms with Crippen LogP contribution in [0, 0.1) is 0 Å². The SMILES string of the molecule is O=C(O)c1cnn(-c2nc3ncn(Cc4cccs4)c3c(=O)[nH]2)c1. The smallest absolute Gasteiger partial charge is 0.338 e. The zero-order valence-electron chi connectivity index (χ0n) is 12.1. The Labute approximate surface area is 137 Å². The molecule has 0 saturated heterocycles. The number of hydrogen-bond donors (Lipinski definition) is 2. The summed E-state index contributed by atoms with van der Waals surface area (Å²) in [5, 5.41) is 14.8. The van der Waals surface area contributed by atoms with E-state index in [1.54, 1.807) is 22.2 Å². The molecule has 9 nitrogen and oxygen atoms in total. The van der Waals surface area contributed by atoms with Crippen molar-refractivity contribution in [3.63, 3.8) is 0 Å². The van der Waals surface area contributed by atoms with E-state index in [1.165, 1.54) is 17.1 Å². The number of imidazole rings is 1. The van der Waals surface area contributed by atoms with Crippen LogP contribution in [0.2, 0.25) is 0 Å². The first-order valence-electron chi connectivity index (χ1n) is 6.87. The van der Waals surface area contributed by atoms with Gasteiger partial charge >= 0.3 is 5.97 Å². The van der Waals surface area contributed by atoms with E-state index in [0.29, 0.717) is 12.1 Å². The summed E-state index contributed by atoms with van der Waals surface area (Å²) in [6.45, 7) is 0.531. The number of hydrogen-bond acceptors (Lipinski definition) is 6. The largest absolute Gasteiger partial charge is 0.478 e. The molecular formula is C14H10N6O3S. The van der Waals surface area contributed by atoms with Gasteiger partial charge in [0.05, 0.1) is 24.6 Å². The van der Waals surface area contributed by atoms with Gasteiger partial charge in [-0.3, -0.25) is 9.78 Å². The van der Waals surface area contributed by atoms with Gasteiger partial charge in [0, 0.05) is 11.1 Å². The van der Waals surface area contributed by atoms with E-state index in [-0.39, 0.29) is 22.7 Å². The molecule has 0 aliphatic rings. The first-order valence-corrected chi connectivity index (χ1v) is 7.75. The first kappa shape index (κ1) is 14.3. The Morgan fingerprint density at radius 2 is 2.29 bits per heavy atom. The van der Waals surface area contributed by atoms with Crippen LogP contribution in [-0.4, -0.2) is 40.4 Å². The molecule has 0 atom stereocenters. The molecule has 0 amide bonds. The van der Waals surface area contributed by atoms with Crippen LogP contribution < -0.4 is 5.56 Å². The van der Waals surface area contributed by atoms with E-state index in [1.807, 2.05) is 17.5 Å². The third kappa shape index (κ3) is 2.38. The van der Waals surface area contributed by atoms with Crippen molar-refractivity contribution < 1.29 is 9.90 Å². The van der Waals surface area contributed by atoms with E-state index in [2.05, 4.69) is 20.1 Å². The van der Waals surface area contributed by atoms with Crippen molar-refractivity contribution in [2.24, 2.45) is 0 Å². The van der Waals surface area contributed by atoms with Crippen LogP contribution in [0.3, 0.4) is 0 Å². The molecule has 4 rings (SSSR count). The molecule has 0 bridgehead atoms. The highest BCUT2D eigenvalue weighted by atomic mass is 32.1. The molecule has 0 radical (unpaired) electrons. The minimum Gasteiger partial charge on any atom is -0.478 e. The fourth-order valence-corrected chi connectivity index (χ4v) is 3.03. The van der Waals surface area contributed by atoms with Gasteiger partial charge in [-0.1, -0.05) is 6.07 Å². The number of nitrogens with zero attached hydrogens (tertiary/aromatic N) is 5. The van der Waals surface area contributed by atoms with Gasteiger partial charge < -0.3 is 9.67 Å². The van der Waals surface area contributed by atoms with Crippen molar-refractivity contribution >= 4 is 28.5 Å². The Bertz CT molecular complexity index is 1090. The average molecular weight is 342 g/mol. The van der Waals surface area contributed by atoms with E-state index in [4.69, 9.17) is 5.11 Å². The van der Waals surface area contributed by atoms with Gasteiger partial charge in [-0.15, -0.1) is 11.3 Å². The number of aromatic carboxylic acids is 1. The van der Waals surface area contributed by atoms with E-state index < -0.39 is 5.97 Å². The van der Waals surface area contributed by atoms with Crippen LogP contribution >= 0.6 is 11.3 Å². The van der Waals surface area contributed by atoms with E-state index in [9.17, 15) is 9.59 Å². The standard InChI is InChI=1S/C14H10N6O3S/c21-12-10-11(15-7-19(10)6-9-2-1-3-24-9)17-14(18-12)20-5-8(4-16-20)13(22)23/h1-5,7H,6H2,(H,22,23)(H,17,18,21). The topological polar surface area (TPSA) is 119 Å². The molecule has 120 valence electrons. The first-order chi connectivity index (χ1) is 11.6. The molecule has 0 aliphatic heterocycles. The second kappa shape index (κ2) is 5.42. The number of carboxylic acids is 1. The molecule has 0 saturated carbocycles. The second-order valence-corrected chi connectivity index (χ2v) is 6.02. The molecule has 10 heteroatoms. The summed E-state index contributed by atoms with van der Waals surface area (Å²) >= 11 is 1.59. The van der Waals surface area contributed by atoms with Crippen LogP contribution in [-0.2, 0) is 6.54 Å². The average Bonchev–Trinajstić information content (AvgIpc) is 3.27. The number of nitrogens with one attached hydrogen (secondary N) is 1. The predicted octanol–water partition coefficient (Wildman–Crippen LogP) is 1.11. The summed E-state index contributed by atoms with van der Waals surface area (Å²) in [5.41, 5.74) is 0.271. The number of H-pyrrole nitrogens is 1. The zero-order chi connectivity index (χ0) is 16.7. The number of aromatic amines is 1. The summed E-state index contributed by atoms with van der Waals surface area (Å²) < 4.78 is 2.92. The van der Waals surface area contributed by atoms with Crippen molar-refractivity contribution in [3.8, 4) is 5.95 Å². The monoisotopic (exact) mass is 342 g/mol. The summed E-state index contributed by atoms with van der Waals surface area (Å²) in [4.78, 5) is 35.5. The lowest BCUT2D eigenvalue weighted by atomic mass is 10.4. The van der Waals surface area contributed by atoms with Crippen LogP contribution in [0.15, 0.2) is 41.0 Å². The van der Waals surface area contributed by atoms with Gasteiger partial charge in [0.1, 0.15) is 0 Å². The Morgan fingerprint density at radius 3 is 3.00 bits per heavy atom. The highest BCUT2D eigenvalue weighted by Gasteiger charge is 2.14. The third-order valence-electron chi connectivity index (χ3n) is 3.42. The molecule has 0 aromatic carbocycles. The van der Waals surface area contributed by atoms with Crippen LogP contribution in [0.5, 0.6) is 0 Å². The Balaban J connectivity index is 1.78. The fraction of sp³-hybridized carbons (Fsp3) is 0.0714. The molecule has 24 heavy (non-hydrogen) atoms. The number of fused-ring (bicyclic) bond motifs is 1. The van der Waals surface area contributed by atoms with Crippen LogP contribution in [0.25, 0.3) is 17.1 Å². The maximum Gasteiger partial charge on any atom is 0.338 e. The highest BCUT2D eigenvalue weighted by Crippen LogP contribution is 2.14. The quantitative estimate of drug-likeness (QED) is 0.573. The van der Waals surface area contributed by atoms with Crippen molar-refractivity contribution in [2.45, 2.75) is 6.54 Å².